The highest BCUT2D eigenvalue weighted by Gasteiger charge is 2.23. The molecule has 0 aliphatic heterocycles. The van der Waals surface area contributed by atoms with Crippen LogP contribution in [0.2, 0.25) is 0 Å². The van der Waals surface area contributed by atoms with E-state index in [-0.39, 0.29) is 5.78 Å². The van der Waals surface area contributed by atoms with Gasteiger partial charge in [0.2, 0.25) is 0 Å². The Hall–Kier alpha value is -2.95. The van der Waals surface area contributed by atoms with Crippen molar-refractivity contribution in [1.29, 1.82) is 0 Å². The second-order valence-corrected chi connectivity index (χ2v) is 5.61. The van der Waals surface area contributed by atoms with Crippen LogP contribution in [0.4, 0.5) is 0 Å². The van der Waals surface area contributed by atoms with E-state index in [0.717, 1.165) is 16.6 Å². The average Bonchev–Trinajstić information content (AvgIpc) is 2.98. The van der Waals surface area contributed by atoms with Crippen LogP contribution >= 0.6 is 0 Å². The van der Waals surface area contributed by atoms with Crippen molar-refractivity contribution in [2.75, 3.05) is 7.11 Å². The van der Waals surface area contributed by atoms with Crippen LogP contribution < -0.4 is 0 Å². The van der Waals surface area contributed by atoms with E-state index in [0.29, 0.717) is 17.0 Å². The Bertz CT molecular complexity index is 926. The highest BCUT2D eigenvalue weighted by atomic mass is 16.5. The molecule has 0 saturated carbocycles. The van der Waals surface area contributed by atoms with Gasteiger partial charge in [0.05, 0.1) is 7.11 Å². The lowest BCUT2D eigenvalue weighted by atomic mass is 9.96. The van der Waals surface area contributed by atoms with E-state index in [9.17, 15) is 9.59 Å². The van der Waals surface area contributed by atoms with Crippen LogP contribution in [0.3, 0.4) is 0 Å². The van der Waals surface area contributed by atoms with E-state index in [4.69, 9.17) is 4.42 Å². The van der Waals surface area contributed by atoms with Crippen molar-refractivity contribution >= 4 is 22.9 Å². The molecule has 0 aliphatic carbocycles. The maximum Gasteiger partial charge on any atom is 0.316 e. The number of carbonyl (C=O) groups excluding carboxylic acids is 2. The molecule has 5 nitrogen and oxygen atoms in total. The molecule has 0 radical (unpaired) electrons. The molecule has 0 saturated heterocycles. The van der Waals surface area contributed by atoms with Crippen LogP contribution in [-0.4, -0.2) is 23.8 Å². The topological polar surface area (TPSA) is 69.4 Å². The summed E-state index contributed by atoms with van der Waals surface area (Å²) < 4.78 is 10.2. The smallest absolute Gasteiger partial charge is 0.316 e. The lowest BCUT2D eigenvalue weighted by Crippen LogP contribution is -2.22. The minimum absolute atomic E-state index is 0.264. The van der Waals surface area contributed by atoms with Crippen molar-refractivity contribution in [3.8, 4) is 11.1 Å². The predicted octanol–water partition coefficient (Wildman–Crippen LogP) is 3.80. The van der Waals surface area contributed by atoms with E-state index in [1.807, 2.05) is 24.3 Å². The standard InChI is InChI=1S/C19H17NO4/c1-11(19(22)23-3)18(21)15-6-4-5-13(9-15)14-7-8-16-17(10-14)24-12(2)20-16/h4-11H,1-3H3. The number of hydrogen-bond donors (Lipinski definition) is 0. The third kappa shape index (κ3) is 2.93. The van der Waals surface area contributed by atoms with E-state index in [2.05, 4.69) is 9.72 Å². The van der Waals surface area contributed by atoms with Crippen LogP contribution in [0.25, 0.3) is 22.2 Å². The molecule has 1 heterocycles. The van der Waals surface area contributed by atoms with Crippen molar-refractivity contribution < 1.29 is 18.7 Å². The minimum Gasteiger partial charge on any atom is -0.468 e. The first-order valence-electron chi connectivity index (χ1n) is 7.59. The van der Waals surface area contributed by atoms with Gasteiger partial charge in [-0.2, -0.15) is 0 Å². The van der Waals surface area contributed by atoms with Crippen LogP contribution in [0.5, 0.6) is 0 Å². The zero-order chi connectivity index (χ0) is 17.3. The normalized spacial score (nSPS) is 12.1. The van der Waals surface area contributed by atoms with Crippen molar-refractivity contribution in [2.45, 2.75) is 13.8 Å². The van der Waals surface area contributed by atoms with Crippen molar-refractivity contribution in [2.24, 2.45) is 5.92 Å². The molecule has 0 fully saturated rings. The number of ether oxygens (including phenoxy) is 1. The van der Waals surface area contributed by atoms with Crippen molar-refractivity contribution in [3.63, 3.8) is 0 Å². The number of hydrogen-bond acceptors (Lipinski definition) is 5. The molecule has 1 unspecified atom stereocenters. The Morgan fingerprint density at radius 1 is 1.12 bits per heavy atom. The Labute approximate surface area is 139 Å². The summed E-state index contributed by atoms with van der Waals surface area (Å²) in [6.45, 7) is 3.34. The van der Waals surface area contributed by atoms with E-state index < -0.39 is 11.9 Å². The molecule has 0 amide bonds. The van der Waals surface area contributed by atoms with Gasteiger partial charge in [-0.3, -0.25) is 9.59 Å². The fourth-order valence-corrected chi connectivity index (χ4v) is 2.61. The van der Waals surface area contributed by atoms with Crippen LogP contribution in [0, 0.1) is 12.8 Å². The van der Waals surface area contributed by atoms with Gasteiger partial charge in [-0.25, -0.2) is 4.98 Å². The van der Waals surface area contributed by atoms with Gasteiger partial charge in [-0.15, -0.1) is 0 Å². The first-order valence-corrected chi connectivity index (χ1v) is 7.59. The maximum absolute atomic E-state index is 12.4. The number of fused-ring (bicyclic) bond motifs is 1. The van der Waals surface area contributed by atoms with Gasteiger partial charge in [0.1, 0.15) is 11.4 Å². The van der Waals surface area contributed by atoms with Crippen LogP contribution in [0.1, 0.15) is 23.2 Å². The zero-order valence-corrected chi connectivity index (χ0v) is 13.7. The van der Waals surface area contributed by atoms with Crippen LogP contribution in [0.15, 0.2) is 46.9 Å². The first-order chi connectivity index (χ1) is 11.5. The molecule has 0 bridgehead atoms. The summed E-state index contributed by atoms with van der Waals surface area (Å²) in [5.74, 6) is -1.02. The fourth-order valence-electron chi connectivity index (χ4n) is 2.61. The average molecular weight is 323 g/mol. The first kappa shape index (κ1) is 15.9. The molecule has 5 heteroatoms. The predicted molar refractivity (Wildman–Crippen MR) is 89.7 cm³/mol. The quantitative estimate of drug-likeness (QED) is 0.415. The molecule has 1 aromatic heterocycles. The summed E-state index contributed by atoms with van der Waals surface area (Å²) in [6.07, 6.45) is 0. The number of methoxy groups -OCH3 is 1. The van der Waals surface area contributed by atoms with E-state index in [1.165, 1.54) is 7.11 Å². The number of nitrogens with zero attached hydrogens (tertiary/aromatic N) is 1. The summed E-state index contributed by atoms with van der Waals surface area (Å²) in [5.41, 5.74) is 3.75. The molecule has 24 heavy (non-hydrogen) atoms. The summed E-state index contributed by atoms with van der Waals surface area (Å²) >= 11 is 0. The Morgan fingerprint density at radius 3 is 2.62 bits per heavy atom. The Morgan fingerprint density at radius 2 is 1.88 bits per heavy atom. The number of rotatable bonds is 4. The SMILES string of the molecule is COC(=O)C(C)C(=O)c1cccc(-c2ccc3nc(C)oc3c2)c1. The third-order valence-electron chi connectivity index (χ3n) is 3.92. The molecular weight excluding hydrogens is 306 g/mol. The van der Waals surface area contributed by atoms with E-state index >= 15 is 0 Å². The number of Topliss-reactive ketones (excluding diaryl/α,β-unsaturated/α-hetero) is 1. The number of oxazole rings is 1. The third-order valence-corrected chi connectivity index (χ3v) is 3.92. The number of carbonyl (C=O) groups is 2. The highest BCUT2D eigenvalue weighted by Crippen LogP contribution is 2.26. The van der Waals surface area contributed by atoms with Crippen LogP contribution in [-0.2, 0) is 9.53 Å². The van der Waals surface area contributed by atoms with Crippen molar-refractivity contribution in [3.05, 3.63) is 53.9 Å². The number of benzene rings is 2. The van der Waals surface area contributed by atoms with Gasteiger partial charge >= 0.3 is 5.97 Å². The molecule has 3 aromatic rings. The second-order valence-electron chi connectivity index (χ2n) is 5.61. The highest BCUT2D eigenvalue weighted by molar-refractivity contribution is 6.08. The minimum atomic E-state index is -0.829. The molecule has 3 rings (SSSR count). The summed E-state index contributed by atoms with van der Waals surface area (Å²) in [7, 11) is 1.27. The summed E-state index contributed by atoms with van der Waals surface area (Å²) in [5, 5.41) is 0. The largest absolute Gasteiger partial charge is 0.468 e. The lowest BCUT2D eigenvalue weighted by Gasteiger charge is -2.09. The Balaban J connectivity index is 1.97. The lowest BCUT2D eigenvalue weighted by molar-refractivity contribution is -0.143. The van der Waals surface area contributed by atoms with Gasteiger partial charge in [-0.1, -0.05) is 24.3 Å². The van der Waals surface area contributed by atoms with Gasteiger partial charge in [0.25, 0.3) is 0 Å². The monoisotopic (exact) mass is 323 g/mol. The molecule has 0 N–H and O–H groups in total. The molecule has 0 spiro atoms. The fraction of sp³-hybridized carbons (Fsp3) is 0.211. The number of esters is 1. The van der Waals surface area contributed by atoms with E-state index in [1.54, 1.807) is 32.0 Å². The van der Waals surface area contributed by atoms with Gasteiger partial charge in [-0.05, 0) is 36.2 Å². The molecule has 0 aliphatic rings. The maximum atomic E-state index is 12.4. The van der Waals surface area contributed by atoms with Crippen molar-refractivity contribution in [1.82, 2.24) is 4.98 Å². The van der Waals surface area contributed by atoms with Gasteiger partial charge in [0.15, 0.2) is 17.3 Å². The molecule has 1 atom stereocenters. The summed E-state index contributed by atoms with van der Waals surface area (Å²) in [6, 6.07) is 12.9. The number of ketones is 1. The molecular formula is C19H17NO4. The zero-order valence-electron chi connectivity index (χ0n) is 13.7. The molecule has 122 valence electrons. The number of aryl methyl sites for hydroxylation is 1. The second kappa shape index (κ2) is 6.28. The van der Waals surface area contributed by atoms with Gasteiger partial charge in [0, 0.05) is 12.5 Å². The Kier molecular flexibility index (Phi) is 4.16. The van der Waals surface area contributed by atoms with Gasteiger partial charge < -0.3 is 9.15 Å². The summed E-state index contributed by atoms with van der Waals surface area (Å²) in [4.78, 5) is 28.3. The molecule has 2 aromatic carbocycles. The number of aromatic nitrogens is 1.